The van der Waals surface area contributed by atoms with E-state index in [2.05, 4.69) is 54.0 Å². The van der Waals surface area contributed by atoms with E-state index in [1.54, 1.807) is 6.07 Å². The number of benzene rings is 1. The predicted octanol–water partition coefficient (Wildman–Crippen LogP) is 3.30. The van der Waals surface area contributed by atoms with Gasteiger partial charge in [0.25, 0.3) is 0 Å². The fourth-order valence-corrected chi connectivity index (χ4v) is 2.23. The molecule has 0 bridgehead atoms. The Bertz CT molecular complexity index is 375. The third-order valence-corrected chi connectivity index (χ3v) is 3.52. The molecule has 0 spiro atoms. The molecule has 2 N–H and O–H groups in total. The number of hydrogen-bond donors (Lipinski definition) is 2. The third-order valence-electron chi connectivity index (χ3n) is 2.52. The first-order valence-electron chi connectivity index (χ1n) is 6.28. The summed E-state index contributed by atoms with van der Waals surface area (Å²) in [5.74, 6) is -0.169. The van der Waals surface area contributed by atoms with Crippen LogP contribution in [0.4, 0.5) is 4.39 Å². The number of halogens is 2. The van der Waals surface area contributed by atoms with Crippen LogP contribution < -0.4 is 10.6 Å². The Hall–Kier alpha value is -0.200. The van der Waals surface area contributed by atoms with Gasteiger partial charge in [0.2, 0.25) is 0 Å². The molecule has 1 rings (SSSR count). The molecule has 0 aliphatic carbocycles. The quantitative estimate of drug-likeness (QED) is 0.598. The smallest absolute Gasteiger partial charge is 0.124 e. The average molecular weight is 364 g/mol. The molecule has 0 heterocycles. The van der Waals surface area contributed by atoms with Crippen LogP contribution in [0.5, 0.6) is 0 Å². The maximum absolute atomic E-state index is 12.9. The minimum Gasteiger partial charge on any atom is -0.313 e. The Labute approximate surface area is 123 Å². The molecule has 18 heavy (non-hydrogen) atoms. The standard InChI is InChI=1S/C14H22FIN2/c1-14(2,3)18-8-4-7-17-10-11-5-6-12(15)9-13(11)16/h5-6,9,17-18H,4,7-8,10H2,1-3H3. The molecule has 0 saturated carbocycles. The molecule has 0 unspecified atom stereocenters. The third kappa shape index (κ3) is 6.66. The predicted molar refractivity (Wildman–Crippen MR) is 83.2 cm³/mol. The van der Waals surface area contributed by atoms with E-state index in [1.165, 1.54) is 6.07 Å². The first kappa shape index (κ1) is 15.9. The van der Waals surface area contributed by atoms with Crippen LogP contribution >= 0.6 is 22.6 Å². The number of nitrogens with one attached hydrogen (secondary N) is 2. The van der Waals surface area contributed by atoms with Crippen molar-refractivity contribution < 1.29 is 4.39 Å². The van der Waals surface area contributed by atoms with Crippen molar-refractivity contribution >= 4 is 22.6 Å². The highest BCUT2D eigenvalue weighted by Crippen LogP contribution is 2.13. The van der Waals surface area contributed by atoms with Gasteiger partial charge in [0.05, 0.1) is 0 Å². The van der Waals surface area contributed by atoms with Crippen LogP contribution in [-0.2, 0) is 6.54 Å². The van der Waals surface area contributed by atoms with Crippen LogP contribution in [0.3, 0.4) is 0 Å². The molecule has 0 radical (unpaired) electrons. The van der Waals surface area contributed by atoms with Crippen molar-refractivity contribution in [3.63, 3.8) is 0 Å². The van der Waals surface area contributed by atoms with E-state index >= 15 is 0 Å². The zero-order valence-corrected chi connectivity index (χ0v) is 13.5. The molecule has 0 aliphatic rings. The maximum Gasteiger partial charge on any atom is 0.124 e. The lowest BCUT2D eigenvalue weighted by Gasteiger charge is -2.20. The van der Waals surface area contributed by atoms with Crippen LogP contribution in [0, 0.1) is 9.39 Å². The van der Waals surface area contributed by atoms with Crippen LogP contribution in [-0.4, -0.2) is 18.6 Å². The second-order valence-corrected chi connectivity index (χ2v) is 6.61. The number of hydrogen-bond acceptors (Lipinski definition) is 2. The summed E-state index contributed by atoms with van der Waals surface area (Å²) in [6.45, 7) is 9.28. The van der Waals surface area contributed by atoms with Crippen molar-refractivity contribution in [2.75, 3.05) is 13.1 Å². The second-order valence-electron chi connectivity index (χ2n) is 5.44. The van der Waals surface area contributed by atoms with Crippen molar-refractivity contribution in [1.82, 2.24) is 10.6 Å². The van der Waals surface area contributed by atoms with Crippen molar-refractivity contribution in [1.29, 1.82) is 0 Å². The van der Waals surface area contributed by atoms with Gasteiger partial charge < -0.3 is 10.6 Å². The fourth-order valence-electron chi connectivity index (χ4n) is 1.56. The van der Waals surface area contributed by atoms with Gasteiger partial charge in [-0.15, -0.1) is 0 Å². The first-order valence-corrected chi connectivity index (χ1v) is 7.36. The van der Waals surface area contributed by atoms with E-state index in [0.29, 0.717) is 0 Å². The van der Waals surface area contributed by atoms with Crippen molar-refractivity contribution in [3.05, 3.63) is 33.1 Å². The average Bonchev–Trinajstić information content (AvgIpc) is 2.24. The SMILES string of the molecule is CC(C)(C)NCCCNCc1ccc(F)cc1I. The molecular weight excluding hydrogens is 342 g/mol. The van der Waals surface area contributed by atoms with Crippen LogP contribution in [0.1, 0.15) is 32.8 Å². The molecule has 0 atom stereocenters. The van der Waals surface area contributed by atoms with E-state index in [4.69, 9.17) is 0 Å². The summed E-state index contributed by atoms with van der Waals surface area (Å²) >= 11 is 2.17. The van der Waals surface area contributed by atoms with Gasteiger partial charge >= 0.3 is 0 Å². The summed E-state index contributed by atoms with van der Waals surface area (Å²) in [6, 6.07) is 4.93. The van der Waals surface area contributed by atoms with Crippen molar-refractivity contribution in [2.24, 2.45) is 0 Å². The number of rotatable bonds is 6. The normalized spacial score (nSPS) is 11.8. The molecule has 0 saturated heterocycles. The lowest BCUT2D eigenvalue weighted by atomic mass is 10.1. The van der Waals surface area contributed by atoms with Gasteiger partial charge in [-0.1, -0.05) is 6.07 Å². The van der Waals surface area contributed by atoms with Gasteiger partial charge in [0.15, 0.2) is 0 Å². The maximum atomic E-state index is 12.9. The van der Waals surface area contributed by atoms with Gasteiger partial charge in [0.1, 0.15) is 5.82 Å². The lowest BCUT2D eigenvalue weighted by Crippen LogP contribution is -2.37. The summed E-state index contributed by atoms with van der Waals surface area (Å²) in [7, 11) is 0. The molecule has 0 fully saturated rings. The highest BCUT2D eigenvalue weighted by atomic mass is 127. The summed E-state index contributed by atoms with van der Waals surface area (Å²) in [5.41, 5.74) is 1.34. The summed E-state index contributed by atoms with van der Waals surface area (Å²) in [5, 5.41) is 6.83. The van der Waals surface area contributed by atoms with E-state index in [9.17, 15) is 4.39 Å². The van der Waals surface area contributed by atoms with E-state index in [0.717, 1.165) is 35.2 Å². The van der Waals surface area contributed by atoms with E-state index in [1.807, 2.05) is 6.07 Å². The molecule has 1 aromatic rings. The minimum absolute atomic E-state index is 0.169. The summed E-state index contributed by atoms with van der Waals surface area (Å²) in [6.07, 6.45) is 1.09. The van der Waals surface area contributed by atoms with E-state index < -0.39 is 0 Å². The topological polar surface area (TPSA) is 24.1 Å². The van der Waals surface area contributed by atoms with Crippen molar-refractivity contribution in [2.45, 2.75) is 39.3 Å². The Morgan fingerprint density at radius 3 is 2.56 bits per heavy atom. The minimum atomic E-state index is -0.169. The fraction of sp³-hybridized carbons (Fsp3) is 0.571. The molecule has 0 amide bonds. The summed E-state index contributed by atoms with van der Waals surface area (Å²) < 4.78 is 13.9. The molecule has 0 aliphatic heterocycles. The van der Waals surface area contributed by atoms with Crippen molar-refractivity contribution in [3.8, 4) is 0 Å². The Kier molecular flexibility index (Phi) is 6.52. The van der Waals surface area contributed by atoms with E-state index in [-0.39, 0.29) is 11.4 Å². The van der Waals surface area contributed by atoms with Gasteiger partial charge in [-0.25, -0.2) is 4.39 Å². The molecule has 102 valence electrons. The van der Waals surface area contributed by atoms with Gasteiger partial charge in [0, 0.05) is 15.7 Å². The zero-order chi connectivity index (χ0) is 13.6. The monoisotopic (exact) mass is 364 g/mol. The van der Waals surface area contributed by atoms with Gasteiger partial charge in [-0.3, -0.25) is 0 Å². The second kappa shape index (κ2) is 7.40. The molecule has 2 nitrogen and oxygen atoms in total. The molecule has 4 heteroatoms. The molecule has 1 aromatic carbocycles. The Balaban J connectivity index is 2.18. The van der Waals surface area contributed by atoms with Gasteiger partial charge in [-0.05, 0) is 80.6 Å². The lowest BCUT2D eigenvalue weighted by molar-refractivity contribution is 0.418. The highest BCUT2D eigenvalue weighted by Gasteiger charge is 2.07. The zero-order valence-electron chi connectivity index (χ0n) is 11.3. The summed E-state index contributed by atoms with van der Waals surface area (Å²) in [4.78, 5) is 0. The van der Waals surface area contributed by atoms with Crippen LogP contribution in [0.2, 0.25) is 0 Å². The highest BCUT2D eigenvalue weighted by molar-refractivity contribution is 14.1. The Morgan fingerprint density at radius 1 is 1.22 bits per heavy atom. The molecule has 0 aromatic heterocycles. The van der Waals surface area contributed by atoms with Gasteiger partial charge in [-0.2, -0.15) is 0 Å². The largest absolute Gasteiger partial charge is 0.313 e. The molecular formula is C14H22FIN2. The van der Waals surface area contributed by atoms with Crippen LogP contribution in [0.15, 0.2) is 18.2 Å². The first-order chi connectivity index (χ1) is 8.38. The van der Waals surface area contributed by atoms with Crippen LogP contribution in [0.25, 0.3) is 0 Å². The Morgan fingerprint density at radius 2 is 1.94 bits per heavy atom.